The first-order chi connectivity index (χ1) is 9.18. The molecule has 3 rings (SSSR count). The first kappa shape index (κ1) is 11.5. The average Bonchev–Trinajstić information content (AvgIpc) is 2.78. The summed E-state index contributed by atoms with van der Waals surface area (Å²) in [6, 6.07) is 9.54. The summed E-state index contributed by atoms with van der Waals surface area (Å²) in [6.07, 6.45) is 3.51. The van der Waals surface area contributed by atoms with Crippen molar-refractivity contribution in [2.45, 2.75) is 6.92 Å². The van der Waals surface area contributed by atoms with Crippen LogP contribution >= 0.6 is 0 Å². The number of furan rings is 1. The molecule has 0 aliphatic carbocycles. The Labute approximate surface area is 109 Å². The highest BCUT2D eigenvalue weighted by molar-refractivity contribution is 6.03. The predicted molar refractivity (Wildman–Crippen MR) is 72.7 cm³/mol. The Balaban J connectivity index is 2.35. The SMILES string of the molecule is Cc1c(C(N)=O)oc2cccc(-c3cccnc3)c12. The lowest BCUT2D eigenvalue weighted by molar-refractivity contribution is 0.0975. The van der Waals surface area contributed by atoms with Gasteiger partial charge in [0.1, 0.15) is 5.58 Å². The third-order valence-electron chi connectivity index (χ3n) is 3.15. The Hall–Kier alpha value is -2.62. The van der Waals surface area contributed by atoms with Gasteiger partial charge in [-0.3, -0.25) is 9.78 Å². The first-order valence-electron chi connectivity index (χ1n) is 5.91. The molecule has 0 aliphatic rings. The molecule has 0 aliphatic heterocycles. The van der Waals surface area contributed by atoms with Crippen LogP contribution < -0.4 is 5.73 Å². The van der Waals surface area contributed by atoms with Crippen LogP contribution in [0.3, 0.4) is 0 Å². The van der Waals surface area contributed by atoms with Crippen LogP contribution in [0.15, 0.2) is 47.1 Å². The number of carbonyl (C=O) groups is 1. The molecular formula is C15H12N2O2. The molecule has 0 spiro atoms. The minimum atomic E-state index is -0.550. The molecule has 4 nitrogen and oxygen atoms in total. The molecule has 2 heterocycles. The Morgan fingerprint density at radius 1 is 1.26 bits per heavy atom. The summed E-state index contributed by atoms with van der Waals surface area (Å²) in [5, 5.41) is 0.907. The van der Waals surface area contributed by atoms with Crippen LogP contribution in [0.4, 0.5) is 0 Å². The zero-order chi connectivity index (χ0) is 13.4. The molecular weight excluding hydrogens is 240 g/mol. The highest BCUT2D eigenvalue weighted by Crippen LogP contribution is 2.33. The number of primary amides is 1. The fourth-order valence-corrected chi connectivity index (χ4v) is 2.30. The van der Waals surface area contributed by atoms with E-state index in [-0.39, 0.29) is 5.76 Å². The molecule has 4 heteroatoms. The molecule has 0 saturated heterocycles. The molecule has 2 N–H and O–H groups in total. The zero-order valence-corrected chi connectivity index (χ0v) is 10.4. The normalized spacial score (nSPS) is 10.8. The van der Waals surface area contributed by atoms with E-state index in [1.807, 2.05) is 37.3 Å². The second kappa shape index (κ2) is 4.24. The predicted octanol–water partition coefficient (Wildman–Crippen LogP) is 2.90. The van der Waals surface area contributed by atoms with Crippen molar-refractivity contribution >= 4 is 16.9 Å². The maximum atomic E-state index is 11.4. The van der Waals surface area contributed by atoms with Crippen molar-refractivity contribution in [2.24, 2.45) is 5.73 Å². The van der Waals surface area contributed by atoms with Crippen molar-refractivity contribution in [1.29, 1.82) is 0 Å². The second-order valence-corrected chi connectivity index (χ2v) is 4.34. The Bertz CT molecular complexity index is 760. The largest absolute Gasteiger partial charge is 0.451 e. The molecule has 0 saturated carbocycles. The monoisotopic (exact) mass is 252 g/mol. The zero-order valence-electron chi connectivity index (χ0n) is 10.4. The fourth-order valence-electron chi connectivity index (χ4n) is 2.30. The maximum absolute atomic E-state index is 11.4. The van der Waals surface area contributed by atoms with Crippen molar-refractivity contribution in [3.63, 3.8) is 0 Å². The number of aromatic nitrogens is 1. The molecule has 0 fully saturated rings. The van der Waals surface area contributed by atoms with Gasteiger partial charge >= 0.3 is 0 Å². The number of benzene rings is 1. The van der Waals surface area contributed by atoms with Gasteiger partial charge in [0.25, 0.3) is 5.91 Å². The summed E-state index contributed by atoms with van der Waals surface area (Å²) in [5.41, 5.74) is 8.71. The van der Waals surface area contributed by atoms with Crippen LogP contribution in [-0.2, 0) is 0 Å². The van der Waals surface area contributed by atoms with Gasteiger partial charge in [-0.05, 0) is 24.6 Å². The lowest BCUT2D eigenvalue weighted by Gasteiger charge is -2.03. The number of carbonyl (C=O) groups excluding carboxylic acids is 1. The van der Waals surface area contributed by atoms with E-state index in [9.17, 15) is 4.79 Å². The van der Waals surface area contributed by atoms with Crippen molar-refractivity contribution in [3.05, 3.63) is 54.0 Å². The quantitative estimate of drug-likeness (QED) is 0.762. The number of nitrogens with two attached hydrogens (primary N) is 1. The number of hydrogen-bond acceptors (Lipinski definition) is 3. The van der Waals surface area contributed by atoms with Gasteiger partial charge in [0.15, 0.2) is 5.76 Å². The van der Waals surface area contributed by atoms with E-state index in [2.05, 4.69) is 4.98 Å². The van der Waals surface area contributed by atoms with Crippen molar-refractivity contribution < 1.29 is 9.21 Å². The third kappa shape index (κ3) is 1.78. The van der Waals surface area contributed by atoms with Crippen LogP contribution in [0, 0.1) is 6.92 Å². The van der Waals surface area contributed by atoms with E-state index in [1.165, 1.54) is 0 Å². The summed E-state index contributed by atoms with van der Waals surface area (Å²) in [4.78, 5) is 15.5. The third-order valence-corrected chi connectivity index (χ3v) is 3.15. The Morgan fingerprint density at radius 2 is 2.11 bits per heavy atom. The molecule has 2 aromatic heterocycles. The van der Waals surface area contributed by atoms with Gasteiger partial charge in [-0.15, -0.1) is 0 Å². The van der Waals surface area contributed by atoms with E-state index in [0.717, 1.165) is 22.1 Å². The lowest BCUT2D eigenvalue weighted by Crippen LogP contribution is -2.10. The molecule has 3 aromatic rings. The van der Waals surface area contributed by atoms with Gasteiger partial charge in [-0.25, -0.2) is 0 Å². The fraction of sp³-hybridized carbons (Fsp3) is 0.0667. The molecule has 0 bridgehead atoms. The molecule has 94 valence electrons. The minimum absolute atomic E-state index is 0.214. The summed E-state index contributed by atoms with van der Waals surface area (Å²) >= 11 is 0. The van der Waals surface area contributed by atoms with Crippen LogP contribution in [0.25, 0.3) is 22.1 Å². The van der Waals surface area contributed by atoms with Gasteiger partial charge in [-0.1, -0.05) is 18.2 Å². The van der Waals surface area contributed by atoms with E-state index >= 15 is 0 Å². The number of hydrogen-bond donors (Lipinski definition) is 1. The average molecular weight is 252 g/mol. The molecule has 19 heavy (non-hydrogen) atoms. The molecule has 1 aromatic carbocycles. The minimum Gasteiger partial charge on any atom is -0.451 e. The number of rotatable bonds is 2. The number of aryl methyl sites for hydroxylation is 1. The van der Waals surface area contributed by atoms with Crippen molar-refractivity contribution in [3.8, 4) is 11.1 Å². The van der Waals surface area contributed by atoms with Crippen LogP contribution in [0.1, 0.15) is 16.1 Å². The molecule has 0 atom stereocenters. The Kier molecular flexibility index (Phi) is 2.56. The van der Waals surface area contributed by atoms with E-state index in [0.29, 0.717) is 5.58 Å². The van der Waals surface area contributed by atoms with Crippen LogP contribution in [0.5, 0.6) is 0 Å². The number of pyridine rings is 1. The molecule has 0 radical (unpaired) electrons. The van der Waals surface area contributed by atoms with Gasteiger partial charge in [0.2, 0.25) is 0 Å². The van der Waals surface area contributed by atoms with Gasteiger partial charge < -0.3 is 10.2 Å². The maximum Gasteiger partial charge on any atom is 0.284 e. The highest BCUT2D eigenvalue weighted by atomic mass is 16.3. The van der Waals surface area contributed by atoms with E-state index in [4.69, 9.17) is 10.2 Å². The standard InChI is InChI=1S/C15H12N2O2/c1-9-13-11(10-4-3-7-17-8-10)5-2-6-12(13)19-14(9)15(16)18/h2-8H,1H3,(H2,16,18). The van der Waals surface area contributed by atoms with Crippen molar-refractivity contribution in [1.82, 2.24) is 4.98 Å². The summed E-state index contributed by atoms with van der Waals surface area (Å²) in [7, 11) is 0. The van der Waals surface area contributed by atoms with Gasteiger partial charge in [0, 0.05) is 28.9 Å². The summed E-state index contributed by atoms with van der Waals surface area (Å²) in [5.74, 6) is -0.336. The second-order valence-electron chi connectivity index (χ2n) is 4.34. The molecule has 1 amide bonds. The number of nitrogens with zero attached hydrogens (tertiary/aromatic N) is 1. The van der Waals surface area contributed by atoms with E-state index < -0.39 is 5.91 Å². The topological polar surface area (TPSA) is 69.1 Å². The van der Waals surface area contributed by atoms with Crippen LogP contribution in [-0.4, -0.2) is 10.9 Å². The highest BCUT2D eigenvalue weighted by Gasteiger charge is 2.17. The molecule has 0 unspecified atom stereocenters. The van der Waals surface area contributed by atoms with Gasteiger partial charge in [-0.2, -0.15) is 0 Å². The number of amides is 1. The van der Waals surface area contributed by atoms with Crippen molar-refractivity contribution in [2.75, 3.05) is 0 Å². The first-order valence-corrected chi connectivity index (χ1v) is 5.91. The van der Waals surface area contributed by atoms with Gasteiger partial charge in [0.05, 0.1) is 0 Å². The smallest absolute Gasteiger partial charge is 0.284 e. The lowest BCUT2D eigenvalue weighted by atomic mass is 10.0. The van der Waals surface area contributed by atoms with E-state index in [1.54, 1.807) is 12.4 Å². The van der Waals surface area contributed by atoms with Crippen LogP contribution in [0.2, 0.25) is 0 Å². The Morgan fingerprint density at radius 3 is 2.79 bits per heavy atom. The number of fused-ring (bicyclic) bond motifs is 1. The summed E-state index contributed by atoms with van der Waals surface area (Å²) in [6.45, 7) is 1.84. The summed E-state index contributed by atoms with van der Waals surface area (Å²) < 4.78 is 5.53.